The van der Waals surface area contributed by atoms with Gasteiger partial charge in [0.25, 0.3) is 17.7 Å². The molecule has 2 N–H and O–H groups in total. The van der Waals surface area contributed by atoms with E-state index in [4.69, 9.17) is 10.5 Å². The topological polar surface area (TPSA) is 110 Å². The zero-order chi connectivity index (χ0) is 25.1. The number of imide groups is 1. The van der Waals surface area contributed by atoms with Crippen LogP contribution in [0.25, 0.3) is 0 Å². The maximum absolute atomic E-state index is 13.4. The van der Waals surface area contributed by atoms with E-state index in [-0.39, 0.29) is 30.8 Å². The molecule has 4 rings (SSSR count). The quantitative estimate of drug-likeness (QED) is 0.507. The van der Waals surface area contributed by atoms with Crippen molar-refractivity contribution in [2.75, 3.05) is 13.7 Å². The number of amides is 4. The van der Waals surface area contributed by atoms with Crippen LogP contribution in [-0.4, -0.2) is 47.1 Å². The molecular formula is C27H25N3O5. The Kier molecular flexibility index (Phi) is 6.64. The fourth-order valence-corrected chi connectivity index (χ4v) is 4.06. The SMILES string of the molecule is CCOc1ccc(CN2C(=O)c3ccccc3C2=O)cc1C(=O)N(C)Cc1cccc(C(N)=O)c1. The highest BCUT2D eigenvalue weighted by Crippen LogP contribution is 2.27. The van der Waals surface area contributed by atoms with Crippen LogP contribution in [0.5, 0.6) is 5.75 Å². The van der Waals surface area contributed by atoms with Crippen molar-refractivity contribution < 1.29 is 23.9 Å². The second kappa shape index (κ2) is 9.80. The van der Waals surface area contributed by atoms with Gasteiger partial charge in [0, 0.05) is 19.2 Å². The summed E-state index contributed by atoms with van der Waals surface area (Å²) in [5, 5.41) is 0. The third-order valence-corrected chi connectivity index (χ3v) is 5.77. The minimum absolute atomic E-state index is 0.0312. The molecule has 3 aromatic rings. The Labute approximate surface area is 202 Å². The predicted molar refractivity (Wildman–Crippen MR) is 129 cm³/mol. The Hall–Kier alpha value is -4.46. The highest BCUT2D eigenvalue weighted by molar-refractivity contribution is 6.21. The van der Waals surface area contributed by atoms with E-state index < -0.39 is 5.91 Å². The van der Waals surface area contributed by atoms with E-state index in [1.165, 1.54) is 9.80 Å². The summed E-state index contributed by atoms with van der Waals surface area (Å²) < 4.78 is 5.67. The number of primary amides is 1. The zero-order valence-electron chi connectivity index (χ0n) is 19.5. The van der Waals surface area contributed by atoms with Crippen LogP contribution in [-0.2, 0) is 13.1 Å². The molecule has 1 aliphatic rings. The number of nitrogens with zero attached hydrogens (tertiary/aromatic N) is 2. The van der Waals surface area contributed by atoms with Gasteiger partial charge in [-0.15, -0.1) is 0 Å². The standard InChI is InChI=1S/C27H25N3O5/c1-3-35-23-12-11-18(16-30-26(33)20-9-4-5-10-21(20)27(30)34)14-22(23)25(32)29(2)15-17-7-6-8-19(13-17)24(28)31/h4-14H,3,15-16H2,1-2H3,(H2,28,31). The van der Waals surface area contributed by atoms with E-state index in [0.29, 0.717) is 40.2 Å². The number of benzene rings is 3. The maximum atomic E-state index is 13.4. The smallest absolute Gasteiger partial charge is 0.261 e. The van der Waals surface area contributed by atoms with Crippen molar-refractivity contribution in [2.24, 2.45) is 5.73 Å². The van der Waals surface area contributed by atoms with E-state index >= 15 is 0 Å². The van der Waals surface area contributed by atoms with Gasteiger partial charge in [0.05, 0.1) is 29.8 Å². The molecule has 0 fully saturated rings. The van der Waals surface area contributed by atoms with E-state index in [2.05, 4.69) is 0 Å². The highest BCUT2D eigenvalue weighted by atomic mass is 16.5. The number of fused-ring (bicyclic) bond motifs is 1. The monoisotopic (exact) mass is 471 g/mol. The molecule has 0 aromatic heterocycles. The molecule has 35 heavy (non-hydrogen) atoms. The Morgan fingerprint density at radius 2 is 1.60 bits per heavy atom. The van der Waals surface area contributed by atoms with Crippen molar-refractivity contribution in [3.63, 3.8) is 0 Å². The summed E-state index contributed by atoms with van der Waals surface area (Å²) in [5.74, 6) is -1.17. The van der Waals surface area contributed by atoms with Crippen LogP contribution in [0.3, 0.4) is 0 Å². The van der Waals surface area contributed by atoms with E-state index in [1.807, 2.05) is 6.92 Å². The van der Waals surface area contributed by atoms with Crippen LogP contribution in [0.1, 0.15) is 59.5 Å². The summed E-state index contributed by atoms with van der Waals surface area (Å²) in [4.78, 5) is 53.0. The first-order valence-corrected chi connectivity index (χ1v) is 11.1. The van der Waals surface area contributed by atoms with Crippen LogP contribution >= 0.6 is 0 Å². The van der Waals surface area contributed by atoms with Gasteiger partial charge in [0.15, 0.2) is 0 Å². The molecule has 0 bridgehead atoms. The normalized spacial score (nSPS) is 12.5. The van der Waals surface area contributed by atoms with Gasteiger partial charge < -0.3 is 15.4 Å². The van der Waals surface area contributed by atoms with Crippen LogP contribution in [0.4, 0.5) is 0 Å². The minimum Gasteiger partial charge on any atom is -0.493 e. The molecule has 178 valence electrons. The molecule has 1 aliphatic heterocycles. The van der Waals surface area contributed by atoms with Gasteiger partial charge in [-0.1, -0.05) is 30.3 Å². The van der Waals surface area contributed by atoms with Crippen LogP contribution in [0.15, 0.2) is 66.7 Å². The molecular weight excluding hydrogens is 446 g/mol. The first kappa shape index (κ1) is 23.7. The first-order chi connectivity index (χ1) is 16.8. The Bertz CT molecular complexity index is 1300. The molecule has 0 saturated heterocycles. The second-order valence-electron chi connectivity index (χ2n) is 8.23. The van der Waals surface area contributed by atoms with Crippen molar-refractivity contribution in [2.45, 2.75) is 20.0 Å². The molecule has 1 heterocycles. The van der Waals surface area contributed by atoms with Gasteiger partial charge in [-0.3, -0.25) is 24.1 Å². The maximum Gasteiger partial charge on any atom is 0.261 e. The van der Waals surface area contributed by atoms with Crippen LogP contribution in [0.2, 0.25) is 0 Å². The molecule has 0 saturated carbocycles. The number of carbonyl (C=O) groups is 4. The molecule has 0 atom stereocenters. The highest BCUT2D eigenvalue weighted by Gasteiger charge is 2.35. The average Bonchev–Trinajstić information content (AvgIpc) is 3.09. The Morgan fingerprint density at radius 3 is 2.23 bits per heavy atom. The van der Waals surface area contributed by atoms with Gasteiger partial charge in [-0.05, 0) is 54.4 Å². The zero-order valence-corrected chi connectivity index (χ0v) is 19.5. The summed E-state index contributed by atoms with van der Waals surface area (Å²) in [6.07, 6.45) is 0. The average molecular weight is 472 g/mol. The van der Waals surface area contributed by atoms with E-state index in [0.717, 1.165) is 5.56 Å². The first-order valence-electron chi connectivity index (χ1n) is 11.1. The molecule has 3 aromatic carbocycles. The van der Waals surface area contributed by atoms with Crippen molar-refractivity contribution in [3.05, 3.63) is 100 Å². The van der Waals surface area contributed by atoms with Crippen molar-refractivity contribution in [3.8, 4) is 5.75 Å². The number of carbonyl (C=O) groups excluding carboxylic acids is 4. The van der Waals surface area contributed by atoms with Crippen molar-refractivity contribution in [1.29, 1.82) is 0 Å². The lowest BCUT2D eigenvalue weighted by molar-refractivity contribution is 0.0641. The number of hydrogen-bond acceptors (Lipinski definition) is 5. The minimum atomic E-state index is -0.541. The van der Waals surface area contributed by atoms with Gasteiger partial charge >= 0.3 is 0 Å². The number of nitrogens with two attached hydrogens (primary N) is 1. The van der Waals surface area contributed by atoms with Crippen molar-refractivity contribution in [1.82, 2.24) is 9.80 Å². The van der Waals surface area contributed by atoms with Crippen molar-refractivity contribution >= 4 is 23.6 Å². The number of ether oxygens (including phenoxy) is 1. The molecule has 0 spiro atoms. The second-order valence-corrected chi connectivity index (χ2v) is 8.23. The molecule has 0 radical (unpaired) electrons. The Balaban J connectivity index is 1.58. The summed E-state index contributed by atoms with van der Waals surface area (Å²) in [6.45, 7) is 2.46. The lowest BCUT2D eigenvalue weighted by atomic mass is 10.1. The predicted octanol–water partition coefficient (Wildman–Crippen LogP) is 3.25. The summed E-state index contributed by atoms with van der Waals surface area (Å²) in [6, 6.07) is 18.5. The van der Waals surface area contributed by atoms with Gasteiger partial charge in [0.2, 0.25) is 5.91 Å². The van der Waals surface area contributed by atoms with Gasteiger partial charge in [-0.25, -0.2) is 0 Å². The lowest BCUT2D eigenvalue weighted by Crippen LogP contribution is -2.30. The summed E-state index contributed by atoms with van der Waals surface area (Å²) >= 11 is 0. The van der Waals surface area contributed by atoms with Gasteiger partial charge in [0.1, 0.15) is 5.75 Å². The lowest BCUT2D eigenvalue weighted by Gasteiger charge is -2.21. The fraction of sp³-hybridized carbons (Fsp3) is 0.185. The van der Waals surface area contributed by atoms with Crippen LogP contribution in [0, 0.1) is 0 Å². The largest absolute Gasteiger partial charge is 0.493 e. The molecule has 8 nitrogen and oxygen atoms in total. The summed E-state index contributed by atoms with van der Waals surface area (Å²) in [5.41, 5.74) is 8.15. The molecule has 0 aliphatic carbocycles. The molecule has 8 heteroatoms. The molecule has 0 unspecified atom stereocenters. The van der Waals surface area contributed by atoms with Gasteiger partial charge in [-0.2, -0.15) is 0 Å². The number of rotatable bonds is 8. The van der Waals surface area contributed by atoms with Crippen LogP contribution < -0.4 is 10.5 Å². The molecule has 4 amide bonds. The Morgan fingerprint density at radius 1 is 0.914 bits per heavy atom. The summed E-state index contributed by atoms with van der Waals surface area (Å²) in [7, 11) is 1.64. The van der Waals surface area contributed by atoms with E-state index in [1.54, 1.807) is 73.8 Å². The third kappa shape index (κ3) is 4.77. The van der Waals surface area contributed by atoms with E-state index in [9.17, 15) is 19.2 Å². The fourth-order valence-electron chi connectivity index (χ4n) is 4.06. The third-order valence-electron chi connectivity index (χ3n) is 5.77. The number of hydrogen-bond donors (Lipinski definition) is 1.